The quantitative estimate of drug-likeness (QED) is 0.893. The molecule has 0 aliphatic carbocycles. The van der Waals surface area contributed by atoms with Crippen LogP contribution >= 0.6 is 11.3 Å². The minimum Gasteiger partial charge on any atom is -0.477 e. The number of carboxylic acids is 1. The van der Waals surface area contributed by atoms with Crippen molar-refractivity contribution in [2.24, 2.45) is 0 Å². The predicted octanol–water partition coefficient (Wildman–Crippen LogP) is 4.11. The summed E-state index contributed by atoms with van der Waals surface area (Å²) in [6.07, 6.45) is -2.64. The number of carbonyl (C=O) groups excluding carboxylic acids is 1. The molecule has 8 heteroatoms. The lowest BCUT2D eigenvalue weighted by atomic mass is 9.98. The number of alkyl halides is 2. The maximum atomic E-state index is 12.8. The van der Waals surface area contributed by atoms with E-state index in [2.05, 4.69) is 0 Å². The molecule has 0 bridgehead atoms. The van der Waals surface area contributed by atoms with Gasteiger partial charge in [-0.15, -0.1) is 11.3 Å². The van der Waals surface area contributed by atoms with Crippen LogP contribution in [0.25, 0.3) is 0 Å². The lowest BCUT2D eigenvalue weighted by Gasteiger charge is -2.24. The van der Waals surface area contributed by atoms with Crippen LogP contribution in [0.5, 0.6) is 0 Å². The Morgan fingerprint density at radius 1 is 1.43 bits per heavy atom. The van der Waals surface area contributed by atoms with E-state index in [0.717, 1.165) is 0 Å². The first-order chi connectivity index (χ1) is 10.6. The van der Waals surface area contributed by atoms with Gasteiger partial charge in [0.2, 0.25) is 0 Å². The Morgan fingerprint density at radius 3 is 2.61 bits per heavy atom. The van der Waals surface area contributed by atoms with E-state index in [1.807, 2.05) is 0 Å². The average Bonchev–Trinajstić information content (AvgIpc) is 3.03. The molecule has 0 saturated carbocycles. The van der Waals surface area contributed by atoms with Gasteiger partial charge in [-0.2, -0.15) is 0 Å². The standard InChI is InChI=1S/C15H19F2NO4S/c1-15(2,3)22-14(21)18-5-4-8(7-18)9-6-10(12(16)17)23-11(9)13(19)20/h6,8,12H,4-5,7H2,1-3H3,(H,19,20). The molecule has 23 heavy (non-hydrogen) atoms. The van der Waals surface area contributed by atoms with Crippen LogP contribution in [-0.2, 0) is 4.74 Å². The van der Waals surface area contributed by atoms with E-state index >= 15 is 0 Å². The van der Waals surface area contributed by atoms with Gasteiger partial charge in [-0.1, -0.05) is 0 Å². The van der Waals surface area contributed by atoms with Crippen LogP contribution in [-0.4, -0.2) is 40.8 Å². The SMILES string of the molecule is CC(C)(C)OC(=O)N1CCC(c2cc(C(F)F)sc2C(=O)O)C1. The topological polar surface area (TPSA) is 66.8 Å². The van der Waals surface area contributed by atoms with Crippen LogP contribution < -0.4 is 0 Å². The number of nitrogens with zero attached hydrogens (tertiary/aromatic N) is 1. The molecule has 0 radical (unpaired) electrons. The molecule has 5 nitrogen and oxygen atoms in total. The van der Waals surface area contributed by atoms with Gasteiger partial charge in [-0.3, -0.25) is 0 Å². The van der Waals surface area contributed by atoms with Gasteiger partial charge >= 0.3 is 12.1 Å². The molecule has 1 N–H and O–H groups in total. The van der Waals surface area contributed by atoms with E-state index in [9.17, 15) is 23.5 Å². The van der Waals surface area contributed by atoms with E-state index in [-0.39, 0.29) is 22.2 Å². The second-order valence-corrected chi connectivity index (χ2v) is 7.53. The van der Waals surface area contributed by atoms with Crippen LogP contribution in [0.3, 0.4) is 0 Å². The minimum absolute atomic E-state index is 0.0728. The average molecular weight is 347 g/mol. The Kier molecular flexibility index (Phi) is 4.93. The summed E-state index contributed by atoms with van der Waals surface area (Å²) in [5.41, 5.74) is -0.240. The Bertz CT molecular complexity index is 609. The molecule has 1 fully saturated rings. The van der Waals surface area contributed by atoms with Crippen molar-refractivity contribution < 1.29 is 28.2 Å². The molecular formula is C15H19F2NO4S. The number of ether oxygens (including phenoxy) is 1. The van der Waals surface area contributed by atoms with Crippen LogP contribution in [0.1, 0.15) is 59.6 Å². The summed E-state index contributed by atoms with van der Waals surface area (Å²) in [6.45, 7) is 5.96. The van der Waals surface area contributed by atoms with Crippen molar-refractivity contribution in [1.82, 2.24) is 4.90 Å². The van der Waals surface area contributed by atoms with Gasteiger partial charge in [-0.25, -0.2) is 18.4 Å². The fraction of sp³-hybridized carbons (Fsp3) is 0.600. The van der Waals surface area contributed by atoms with E-state index in [1.54, 1.807) is 20.8 Å². The second kappa shape index (κ2) is 6.43. The highest BCUT2D eigenvalue weighted by atomic mass is 32.1. The number of halogens is 2. The third-order valence-electron chi connectivity index (χ3n) is 3.47. The number of carboxylic acid groups (broad SMARTS) is 1. The monoisotopic (exact) mass is 347 g/mol. The van der Waals surface area contributed by atoms with Crippen LogP contribution in [0.15, 0.2) is 6.07 Å². The van der Waals surface area contributed by atoms with E-state index in [1.165, 1.54) is 11.0 Å². The molecule has 1 aliphatic rings. The number of hydrogen-bond acceptors (Lipinski definition) is 4. The van der Waals surface area contributed by atoms with Gasteiger partial charge in [0, 0.05) is 19.0 Å². The number of likely N-dealkylation sites (tertiary alicyclic amines) is 1. The van der Waals surface area contributed by atoms with Crippen molar-refractivity contribution in [1.29, 1.82) is 0 Å². The molecule has 1 unspecified atom stereocenters. The molecule has 2 heterocycles. The van der Waals surface area contributed by atoms with E-state index < -0.39 is 24.1 Å². The molecule has 2 rings (SSSR count). The smallest absolute Gasteiger partial charge is 0.410 e. The summed E-state index contributed by atoms with van der Waals surface area (Å²) in [5.74, 6) is -1.48. The minimum atomic E-state index is -2.70. The Labute approximate surface area is 136 Å². The molecule has 1 aliphatic heterocycles. The van der Waals surface area contributed by atoms with Crippen LogP contribution in [0.4, 0.5) is 13.6 Å². The second-order valence-electron chi connectivity index (χ2n) is 6.45. The van der Waals surface area contributed by atoms with Crippen LogP contribution in [0.2, 0.25) is 0 Å². The first-order valence-corrected chi connectivity index (χ1v) is 8.03. The Balaban J connectivity index is 2.15. The highest BCUT2D eigenvalue weighted by molar-refractivity contribution is 7.14. The molecule has 1 amide bonds. The summed E-state index contributed by atoms with van der Waals surface area (Å²) >= 11 is 0.598. The number of carbonyl (C=O) groups is 2. The van der Waals surface area contributed by atoms with Crippen LogP contribution in [0, 0.1) is 0 Å². The van der Waals surface area contributed by atoms with Gasteiger partial charge in [0.15, 0.2) is 0 Å². The van der Waals surface area contributed by atoms with Crippen molar-refractivity contribution in [3.63, 3.8) is 0 Å². The summed E-state index contributed by atoms with van der Waals surface area (Å²) < 4.78 is 30.9. The van der Waals surface area contributed by atoms with Gasteiger partial charge < -0.3 is 14.7 Å². The molecule has 1 aromatic rings. The third-order valence-corrected chi connectivity index (χ3v) is 4.62. The first kappa shape index (κ1) is 17.7. The van der Waals surface area contributed by atoms with Crippen molar-refractivity contribution in [3.8, 4) is 0 Å². The zero-order valence-corrected chi connectivity index (χ0v) is 14.0. The number of hydrogen-bond donors (Lipinski definition) is 1. The normalized spacial score (nSPS) is 18.5. The Morgan fingerprint density at radius 2 is 2.09 bits per heavy atom. The molecule has 1 aromatic heterocycles. The fourth-order valence-electron chi connectivity index (χ4n) is 2.51. The number of amides is 1. The third kappa shape index (κ3) is 4.19. The summed E-state index contributed by atoms with van der Waals surface area (Å²) in [6, 6.07) is 1.25. The number of thiophene rings is 1. The predicted molar refractivity (Wildman–Crippen MR) is 81.4 cm³/mol. The Hall–Kier alpha value is -1.70. The molecule has 128 valence electrons. The molecular weight excluding hydrogens is 328 g/mol. The van der Waals surface area contributed by atoms with Gasteiger partial charge in [-0.05, 0) is 38.8 Å². The summed E-state index contributed by atoms with van der Waals surface area (Å²) in [4.78, 5) is 24.5. The van der Waals surface area contributed by atoms with Gasteiger partial charge in [0.1, 0.15) is 10.5 Å². The molecule has 0 aromatic carbocycles. The molecule has 1 atom stereocenters. The number of aromatic carboxylic acids is 1. The largest absolute Gasteiger partial charge is 0.477 e. The lowest BCUT2D eigenvalue weighted by molar-refractivity contribution is 0.0292. The maximum absolute atomic E-state index is 12.8. The summed E-state index contributed by atoms with van der Waals surface area (Å²) in [7, 11) is 0. The zero-order chi connectivity index (χ0) is 17.4. The fourth-order valence-corrected chi connectivity index (χ4v) is 3.45. The van der Waals surface area contributed by atoms with Crippen molar-refractivity contribution >= 4 is 23.4 Å². The van der Waals surface area contributed by atoms with Crippen molar-refractivity contribution in [2.45, 2.75) is 45.1 Å². The van der Waals surface area contributed by atoms with E-state index in [0.29, 0.717) is 29.9 Å². The lowest BCUT2D eigenvalue weighted by Crippen LogP contribution is -2.35. The number of rotatable bonds is 3. The van der Waals surface area contributed by atoms with Crippen molar-refractivity contribution in [2.75, 3.05) is 13.1 Å². The highest BCUT2D eigenvalue weighted by Gasteiger charge is 2.34. The maximum Gasteiger partial charge on any atom is 0.410 e. The van der Waals surface area contributed by atoms with E-state index in [4.69, 9.17) is 4.74 Å². The summed E-state index contributed by atoms with van der Waals surface area (Å²) in [5, 5.41) is 9.21. The van der Waals surface area contributed by atoms with Gasteiger partial charge in [0.25, 0.3) is 6.43 Å². The highest BCUT2D eigenvalue weighted by Crippen LogP contribution is 2.38. The molecule has 0 spiro atoms. The molecule has 1 saturated heterocycles. The zero-order valence-electron chi connectivity index (χ0n) is 13.1. The van der Waals surface area contributed by atoms with Gasteiger partial charge in [0.05, 0.1) is 4.88 Å². The van der Waals surface area contributed by atoms with Crippen molar-refractivity contribution in [3.05, 3.63) is 21.4 Å². The first-order valence-electron chi connectivity index (χ1n) is 7.21.